The highest BCUT2D eigenvalue weighted by molar-refractivity contribution is 6.01. The SMILES string of the molecule is O=Cc1cccc2c([N+](=O)[O-])cccc12. The zero-order chi connectivity index (χ0) is 10.8. The third-order valence-electron chi connectivity index (χ3n) is 2.26. The molecule has 74 valence electrons. The lowest BCUT2D eigenvalue weighted by Crippen LogP contribution is -1.91. The molecule has 2 rings (SSSR count). The number of rotatable bonds is 2. The van der Waals surface area contributed by atoms with Crippen LogP contribution in [0.4, 0.5) is 5.69 Å². The van der Waals surface area contributed by atoms with E-state index < -0.39 is 4.92 Å². The van der Waals surface area contributed by atoms with Gasteiger partial charge in [0, 0.05) is 11.6 Å². The standard InChI is InChI=1S/C11H7NO3/c13-7-8-3-1-5-10-9(8)4-2-6-11(10)12(14)15/h1-7H. The number of benzene rings is 2. The summed E-state index contributed by atoms with van der Waals surface area (Å²) in [5.74, 6) is 0. The Bertz CT molecular complexity index is 549. The van der Waals surface area contributed by atoms with E-state index in [1.165, 1.54) is 6.07 Å². The van der Waals surface area contributed by atoms with E-state index in [1.807, 2.05) is 0 Å². The van der Waals surface area contributed by atoms with Gasteiger partial charge in [0.25, 0.3) is 5.69 Å². The number of carbonyl (C=O) groups excluding carboxylic acids is 1. The number of hydrogen-bond acceptors (Lipinski definition) is 3. The lowest BCUT2D eigenvalue weighted by molar-refractivity contribution is -0.383. The lowest BCUT2D eigenvalue weighted by Gasteiger charge is -2.00. The fourth-order valence-corrected chi connectivity index (χ4v) is 1.58. The summed E-state index contributed by atoms with van der Waals surface area (Å²) >= 11 is 0. The Morgan fingerprint density at radius 3 is 2.40 bits per heavy atom. The number of hydrogen-bond donors (Lipinski definition) is 0. The van der Waals surface area contributed by atoms with Gasteiger partial charge in [-0.25, -0.2) is 0 Å². The first kappa shape index (κ1) is 9.33. The molecule has 0 atom stereocenters. The Hall–Kier alpha value is -2.23. The van der Waals surface area contributed by atoms with Gasteiger partial charge in [0.1, 0.15) is 0 Å². The second-order valence-corrected chi connectivity index (χ2v) is 3.09. The van der Waals surface area contributed by atoms with Crippen LogP contribution in [0.1, 0.15) is 10.4 Å². The Morgan fingerprint density at radius 1 is 1.07 bits per heavy atom. The normalized spacial score (nSPS) is 10.1. The maximum absolute atomic E-state index is 10.7. The van der Waals surface area contributed by atoms with Crippen molar-refractivity contribution in [2.45, 2.75) is 0 Å². The van der Waals surface area contributed by atoms with E-state index in [-0.39, 0.29) is 5.69 Å². The molecule has 0 N–H and O–H groups in total. The van der Waals surface area contributed by atoms with Gasteiger partial charge in [-0.15, -0.1) is 0 Å². The molecule has 0 saturated heterocycles. The molecule has 0 amide bonds. The number of carbonyl (C=O) groups is 1. The van der Waals surface area contributed by atoms with Crippen LogP contribution in [0, 0.1) is 10.1 Å². The molecule has 0 fully saturated rings. The fraction of sp³-hybridized carbons (Fsp3) is 0. The number of aldehydes is 1. The molecule has 0 radical (unpaired) electrons. The summed E-state index contributed by atoms with van der Waals surface area (Å²) in [6.45, 7) is 0. The van der Waals surface area contributed by atoms with E-state index in [0.717, 1.165) is 0 Å². The predicted octanol–water partition coefficient (Wildman–Crippen LogP) is 2.56. The fourth-order valence-electron chi connectivity index (χ4n) is 1.58. The molecule has 0 aliphatic heterocycles. The quantitative estimate of drug-likeness (QED) is 0.426. The topological polar surface area (TPSA) is 60.2 Å². The zero-order valence-electron chi connectivity index (χ0n) is 7.71. The van der Waals surface area contributed by atoms with Gasteiger partial charge in [-0.2, -0.15) is 0 Å². The largest absolute Gasteiger partial charge is 0.298 e. The Labute approximate surface area is 85.3 Å². The molecule has 2 aromatic rings. The highest BCUT2D eigenvalue weighted by atomic mass is 16.6. The molecule has 0 aliphatic rings. The van der Waals surface area contributed by atoms with Gasteiger partial charge in [-0.05, 0) is 11.5 Å². The van der Waals surface area contributed by atoms with E-state index in [1.54, 1.807) is 30.3 Å². The first-order chi connectivity index (χ1) is 7.24. The second kappa shape index (κ2) is 3.49. The number of nitro benzene ring substituents is 1. The predicted molar refractivity (Wildman–Crippen MR) is 56.0 cm³/mol. The molecule has 0 saturated carbocycles. The summed E-state index contributed by atoms with van der Waals surface area (Å²) in [5, 5.41) is 11.8. The third-order valence-corrected chi connectivity index (χ3v) is 2.26. The minimum Gasteiger partial charge on any atom is -0.298 e. The molecular formula is C11H7NO3. The van der Waals surface area contributed by atoms with Gasteiger partial charge in [-0.1, -0.05) is 24.3 Å². The van der Waals surface area contributed by atoms with Gasteiger partial charge in [0.05, 0.1) is 10.3 Å². The Kier molecular flexibility index (Phi) is 2.17. The maximum Gasteiger partial charge on any atom is 0.277 e. The smallest absolute Gasteiger partial charge is 0.277 e. The second-order valence-electron chi connectivity index (χ2n) is 3.09. The van der Waals surface area contributed by atoms with E-state index in [4.69, 9.17) is 0 Å². The minimum atomic E-state index is -0.448. The monoisotopic (exact) mass is 201 g/mol. The van der Waals surface area contributed by atoms with Crippen molar-refractivity contribution < 1.29 is 9.72 Å². The van der Waals surface area contributed by atoms with Crippen molar-refractivity contribution in [1.82, 2.24) is 0 Å². The molecule has 4 nitrogen and oxygen atoms in total. The molecule has 0 aromatic heterocycles. The highest BCUT2D eigenvalue weighted by Crippen LogP contribution is 2.26. The van der Waals surface area contributed by atoms with Crippen molar-refractivity contribution in [3.63, 3.8) is 0 Å². The van der Waals surface area contributed by atoms with Gasteiger partial charge < -0.3 is 0 Å². The molecule has 15 heavy (non-hydrogen) atoms. The van der Waals surface area contributed by atoms with Crippen molar-refractivity contribution in [3.8, 4) is 0 Å². The van der Waals surface area contributed by atoms with Crippen LogP contribution < -0.4 is 0 Å². The van der Waals surface area contributed by atoms with Crippen molar-refractivity contribution in [2.75, 3.05) is 0 Å². The average Bonchev–Trinajstić information content (AvgIpc) is 2.27. The van der Waals surface area contributed by atoms with Crippen molar-refractivity contribution >= 4 is 22.7 Å². The highest BCUT2D eigenvalue weighted by Gasteiger charge is 2.11. The molecule has 0 unspecified atom stereocenters. The summed E-state index contributed by atoms with van der Waals surface area (Å²) in [5.41, 5.74) is 0.493. The number of non-ortho nitro benzene ring substituents is 1. The molecule has 4 heteroatoms. The van der Waals surface area contributed by atoms with Crippen molar-refractivity contribution in [2.24, 2.45) is 0 Å². The van der Waals surface area contributed by atoms with E-state index >= 15 is 0 Å². The molecule has 0 aliphatic carbocycles. The van der Waals surface area contributed by atoms with Crippen LogP contribution in [0.2, 0.25) is 0 Å². The first-order valence-corrected chi connectivity index (χ1v) is 4.35. The summed E-state index contributed by atoms with van der Waals surface area (Å²) in [4.78, 5) is 21.0. The molecule has 0 spiro atoms. The molecule has 0 bridgehead atoms. The number of nitrogens with zero attached hydrogens (tertiary/aromatic N) is 1. The van der Waals surface area contributed by atoms with Crippen LogP contribution in [-0.2, 0) is 0 Å². The van der Waals surface area contributed by atoms with Gasteiger partial charge >= 0.3 is 0 Å². The van der Waals surface area contributed by atoms with Crippen LogP contribution >= 0.6 is 0 Å². The molecule has 0 heterocycles. The van der Waals surface area contributed by atoms with Gasteiger partial charge in [0.2, 0.25) is 0 Å². The lowest BCUT2D eigenvalue weighted by atomic mass is 10.0. The van der Waals surface area contributed by atoms with Crippen molar-refractivity contribution in [3.05, 3.63) is 52.1 Å². The van der Waals surface area contributed by atoms with Crippen LogP contribution in [0.15, 0.2) is 36.4 Å². The van der Waals surface area contributed by atoms with Crippen molar-refractivity contribution in [1.29, 1.82) is 0 Å². The minimum absolute atomic E-state index is 0.0243. The number of fused-ring (bicyclic) bond motifs is 1. The Balaban J connectivity index is 2.88. The summed E-state index contributed by atoms with van der Waals surface area (Å²) in [6.07, 6.45) is 0.700. The zero-order valence-corrected chi connectivity index (χ0v) is 7.71. The van der Waals surface area contributed by atoms with E-state index in [0.29, 0.717) is 22.6 Å². The summed E-state index contributed by atoms with van der Waals surface area (Å²) in [7, 11) is 0. The Morgan fingerprint density at radius 2 is 1.73 bits per heavy atom. The van der Waals surface area contributed by atoms with Crippen LogP contribution in [0.5, 0.6) is 0 Å². The van der Waals surface area contributed by atoms with Crippen LogP contribution in [-0.4, -0.2) is 11.2 Å². The van der Waals surface area contributed by atoms with Crippen LogP contribution in [0.3, 0.4) is 0 Å². The van der Waals surface area contributed by atoms with E-state index in [2.05, 4.69) is 0 Å². The number of nitro groups is 1. The first-order valence-electron chi connectivity index (χ1n) is 4.35. The summed E-state index contributed by atoms with van der Waals surface area (Å²) < 4.78 is 0. The molecule has 2 aromatic carbocycles. The summed E-state index contributed by atoms with van der Waals surface area (Å²) in [6, 6.07) is 9.62. The molecular weight excluding hydrogens is 194 g/mol. The average molecular weight is 201 g/mol. The maximum atomic E-state index is 10.7. The van der Waals surface area contributed by atoms with E-state index in [9.17, 15) is 14.9 Å². The van der Waals surface area contributed by atoms with Crippen LogP contribution in [0.25, 0.3) is 10.8 Å². The third kappa shape index (κ3) is 1.46. The van der Waals surface area contributed by atoms with Gasteiger partial charge in [0.15, 0.2) is 6.29 Å². The van der Waals surface area contributed by atoms with Gasteiger partial charge in [-0.3, -0.25) is 14.9 Å².